The molecule has 0 bridgehead atoms. The number of Topliss-reactive ketones (excluding diaryl/α,β-unsaturated/α-hetero) is 1. The summed E-state index contributed by atoms with van der Waals surface area (Å²) in [5.74, 6) is 0.237. The van der Waals surface area contributed by atoms with Crippen LogP contribution in [0.4, 0.5) is 0 Å². The highest BCUT2D eigenvalue weighted by Crippen LogP contribution is 2.10. The average molecular weight is 129 g/mol. The van der Waals surface area contributed by atoms with Gasteiger partial charge >= 0.3 is 0 Å². The van der Waals surface area contributed by atoms with E-state index in [1.165, 1.54) is 0 Å². The van der Waals surface area contributed by atoms with Crippen LogP contribution in [-0.4, -0.2) is 30.6 Å². The number of quaternary nitrogens is 1. The maximum absolute atomic E-state index is 11.1. The minimum Gasteiger partial charge on any atom is -0.633 e. The van der Waals surface area contributed by atoms with Gasteiger partial charge in [0, 0.05) is 0 Å². The first kappa shape index (κ1) is 6.71. The molecule has 0 radical (unpaired) electrons. The summed E-state index contributed by atoms with van der Waals surface area (Å²) in [4.78, 5) is 10.6. The summed E-state index contributed by atoms with van der Waals surface area (Å²) >= 11 is 0. The number of ketones is 1. The topological polar surface area (TPSA) is 40.1 Å². The highest BCUT2D eigenvalue weighted by atomic mass is 16.5. The lowest BCUT2D eigenvalue weighted by Gasteiger charge is -2.40. The van der Waals surface area contributed by atoms with Gasteiger partial charge in [0.1, 0.15) is 5.78 Å². The van der Waals surface area contributed by atoms with Crippen LogP contribution in [-0.2, 0) is 4.79 Å². The van der Waals surface area contributed by atoms with Crippen molar-refractivity contribution in [2.75, 3.05) is 20.1 Å². The van der Waals surface area contributed by atoms with E-state index in [4.69, 9.17) is 0 Å². The van der Waals surface area contributed by atoms with E-state index < -0.39 is 0 Å². The van der Waals surface area contributed by atoms with Crippen molar-refractivity contribution >= 4 is 5.78 Å². The third kappa shape index (κ3) is 1.77. The number of likely N-dealkylation sites (tertiary alicyclic amines) is 1. The molecule has 0 spiro atoms. The summed E-state index contributed by atoms with van der Waals surface area (Å²) in [5.41, 5.74) is 0. The molecule has 3 heteroatoms. The molecule has 52 valence electrons. The Bertz CT molecular complexity index is 119. The van der Waals surface area contributed by atoms with E-state index in [1.807, 2.05) is 0 Å². The average Bonchev–Trinajstić information content (AvgIpc) is 1.78. The predicted molar refractivity (Wildman–Crippen MR) is 33.5 cm³/mol. The second-order valence-corrected chi connectivity index (χ2v) is 2.78. The third-order valence-corrected chi connectivity index (χ3v) is 1.73. The van der Waals surface area contributed by atoms with E-state index >= 15 is 0 Å². The van der Waals surface area contributed by atoms with Crippen molar-refractivity contribution in [2.24, 2.45) is 0 Å². The van der Waals surface area contributed by atoms with Crippen molar-refractivity contribution in [2.45, 2.75) is 12.8 Å². The maximum atomic E-state index is 11.1. The Hall–Kier alpha value is -0.410. The van der Waals surface area contributed by atoms with Crippen molar-refractivity contribution in [1.29, 1.82) is 0 Å². The number of hydroxylamine groups is 3. The molecule has 9 heavy (non-hydrogen) atoms. The summed E-state index contributed by atoms with van der Waals surface area (Å²) < 4.78 is -0.230. The Kier molecular flexibility index (Phi) is 1.55. The summed E-state index contributed by atoms with van der Waals surface area (Å²) in [7, 11) is 1.62. The molecule has 0 aliphatic carbocycles. The van der Waals surface area contributed by atoms with Crippen LogP contribution in [0.15, 0.2) is 0 Å². The van der Waals surface area contributed by atoms with Crippen LogP contribution in [0.2, 0.25) is 0 Å². The molecular weight excluding hydrogens is 118 g/mol. The largest absolute Gasteiger partial charge is 0.633 e. The van der Waals surface area contributed by atoms with Crippen molar-refractivity contribution in [3.63, 3.8) is 0 Å². The number of carbonyl (C=O) groups excluding carboxylic acids is 1. The lowest BCUT2D eigenvalue weighted by molar-refractivity contribution is -0.862. The minimum absolute atomic E-state index is 0.230. The van der Waals surface area contributed by atoms with Gasteiger partial charge < -0.3 is 9.85 Å². The number of nitrogens with zero attached hydrogens (tertiary/aromatic N) is 1. The van der Waals surface area contributed by atoms with E-state index in [-0.39, 0.29) is 10.4 Å². The van der Waals surface area contributed by atoms with Gasteiger partial charge in [-0.1, -0.05) is 0 Å². The van der Waals surface area contributed by atoms with Crippen LogP contribution < -0.4 is 0 Å². The second-order valence-electron chi connectivity index (χ2n) is 2.78. The van der Waals surface area contributed by atoms with Gasteiger partial charge in [-0.15, -0.1) is 0 Å². The highest BCUT2D eigenvalue weighted by molar-refractivity contribution is 5.78. The lowest BCUT2D eigenvalue weighted by atomic mass is 10.1. The molecule has 0 aromatic rings. The molecule has 0 N–H and O–H groups in total. The Balaban J connectivity index is 2.44. The smallest absolute Gasteiger partial charge is 0.144 e. The number of hydrogen-bond donors (Lipinski definition) is 0. The molecule has 0 amide bonds. The van der Waals surface area contributed by atoms with Gasteiger partial charge in [-0.2, -0.15) is 0 Å². The number of hydrogen-bond acceptors (Lipinski definition) is 2. The zero-order valence-corrected chi connectivity index (χ0v) is 5.59. The number of carbonyl (C=O) groups is 1. The van der Waals surface area contributed by atoms with Crippen molar-refractivity contribution < 1.29 is 9.44 Å². The summed E-state index contributed by atoms with van der Waals surface area (Å²) in [6.45, 7) is 0.942. The normalized spacial score (nSPS) is 26.2. The molecule has 3 nitrogen and oxygen atoms in total. The fourth-order valence-electron chi connectivity index (χ4n) is 0.959. The molecule has 0 aromatic carbocycles. The first-order valence-electron chi connectivity index (χ1n) is 3.17. The Labute approximate surface area is 54.4 Å². The first-order valence-corrected chi connectivity index (χ1v) is 3.17. The van der Waals surface area contributed by atoms with Gasteiger partial charge in [-0.25, -0.2) is 0 Å². The van der Waals surface area contributed by atoms with Crippen LogP contribution in [0.3, 0.4) is 0 Å². The molecule has 0 aromatic heterocycles. The summed E-state index contributed by atoms with van der Waals surface area (Å²) in [6, 6.07) is 0. The third-order valence-electron chi connectivity index (χ3n) is 1.73. The van der Waals surface area contributed by atoms with Gasteiger partial charge in [-0.3, -0.25) is 4.79 Å². The van der Waals surface area contributed by atoms with Crippen molar-refractivity contribution in [1.82, 2.24) is 0 Å². The van der Waals surface area contributed by atoms with Gasteiger partial charge in [0.25, 0.3) is 0 Å². The first-order chi connectivity index (χ1) is 4.10. The predicted octanol–water partition coefficient (Wildman–Crippen LogP) is 0.294. The molecule has 1 heterocycles. The van der Waals surface area contributed by atoms with Crippen LogP contribution in [0.1, 0.15) is 12.8 Å². The Morgan fingerprint density at radius 1 is 1.44 bits per heavy atom. The SMILES string of the molecule is C[N+]1([O-])CCC(=O)CC1. The summed E-state index contributed by atoms with van der Waals surface area (Å²) in [6.07, 6.45) is 0.944. The van der Waals surface area contributed by atoms with Gasteiger partial charge in [0.15, 0.2) is 0 Å². The molecule has 0 unspecified atom stereocenters. The van der Waals surface area contributed by atoms with E-state index in [9.17, 15) is 10.0 Å². The molecule has 0 atom stereocenters. The van der Waals surface area contributed by atoms with Crippen LogP contribution in [0, 0.1) is 5.21 Å². The van der Waals surface area contributed by atoms with E-state index in [2.05, 4.69) is 0 Å². The maximum Gasteiger partial charge on any atom is 0.144 e. The molecule has 1 saturated heterocycles. The number of piperidine rings is 1. The van der Waals surface area contributed by atoms with Crippen molar-refractivity contribution in [3.8, 4) is 0 Å². The quantitative estimate of drug-likeness (QED) is 0.348. The minimum atomic E-state index is -0.230. The van der Waals surface area contributed by atoms with Gasteiger partial charge in [-0.05, 0) is 0 Å². The van der Waals surface area contributed by atoms with Crippen LogP contribution in [0.25, 0.3) is 0 Å². The molecule has 1 aliphatic rings. The standard InChI is InChI=1S/C6H11NO2/c1-7(9)4-2-6(8)3-5-7/h2-5H2,1H3. The molecule has 0 saturated carbocycles. The van der Waals surface area contributed by atoms with Crippen LogP contribution >= 0.6 is 0 Å². The van der Waals surface area contributed by atoms with Crippen molar-refractivity contribution in [3.05, 3.63) is 5.21 Å². The highest BCUT2D eigenvalue weighted by Gasteiger charge is 2.20. The fourth-order valence-corrected chi connectivity index (χ4v) is 0.959. The van der Waals surface area contributed by atoms with E-state index in [0.29, 0.717) is 25.9 Å². The molecule has 1 fully saturated rings. The number of rotatable bonds is 0. The van der Waals surface area contributed by atoms with Crippen LogP contribution in [0.5, 0.6) is 0 Å². The van der Waals surface area contributed by atoms with E-state index in [1.54, 1.807) is 7.05 Å². The van der Waals surface area contributed by atoms with Gasteiger partial charge in [0.05, 0.1) is 33.0 Å². The lowest BCUT2D eigenvalue weighted by Crippen LogP contribution is -2.44. The monoisotopic (exact) mass is 129 g/mol. The molecule has 1 rings (SSSR count). The molecular formula is C6H11NO2. The van der Waals surface area contributed by atoms with Gasteiger partial charge in [0.2, 0.25) is 0 Å². The second kappa shape index (κ2) is 2.08. The Morgan fingerprint density at radius 3 is 2.22 bits per heavy atom. The zero-order valence-electron chi connectivity index (χ0n) is 5.59. The van der Waals surface area contributed by atoms with E-state index in [0.717, 1.165) is 0 Å². The Morgan fingerprint density at radius 2 is 1.89 bits per heavy atom. The fraction of sp³-hybridized carbons (Fsp3) is 0.833. The molecule has 1 aliphatic heterocycles. The zero-order chi connectivity index (χ0) is 6.91. The summed E-state index contributed by atoms with van der Waals surface area (Å²) in [5, 5.41) is 11.1.